The molecule has 0 bridgehead atoms. The van der Waals surface area contributed by atoms with Gasteiger partial charge in [0.2, 0.25) is 0 Å². The Morgan fingerprint density at radius 3 is 1.38 bits per heavy atom. The average Bonchev–Trinajstić information content (AvgIpc) is 2.81. The number of carbonyl (C=O) groups is 4. The quantitative estimate of drug-likeness (QED) is 0.0828. The number of aliphatic hydroxyl groups is 2. The minimum absolute atomic E-state index is 0.0972. The Labute approximate surface area is 220 Å². The first kappa shape index (κ1) is 39.0. The fourth-order valence-corrected chi connectivity index (χ4v) is 3.06. The SMILES string of the molecule is CCCCCCCC/C=C\CCCCCCCC(=O)O.NCCO.O=C(O)CC(O)(CC(=O)O)C(=O)O. The Balaban J connectivity index is -0.000000581. The van der Waals surface area contributed by atoms with Gasteiger partial charge in [-0.05, 0) is 32.1 Å². The smallest absolute Gasteiger partial charge is 0.336 e. The van der Waals surface area contributed by atoms with Gasteiger partial charge in [-0.1, -0.05) is 70.4 Å². The predicted molar refractivity (Wildman–Crippen MR) is 140 cm³/mol. The number of carboxylic acids is 4. The second-order valence-electron chi connectivity index (χ2n) is 8.72. The molecule has 0 unspecified atom stereocenters. The van der Waals surface area contributed by atoms with Crippen LogP contribution in [-0.4, -0.2) is 73.3 Å². The molecule has 0 amide bonds. The number of hydrogen-bond donors (Lipinski definition) is 7. The molecular formula is C26H49NO10. The lowest BCUT2D eigenvalue weighted by Gasteiger charge is -2.18. The first-order valence-electron chi connectivity index (χ1n) is 13.0. The molecule has 11 nitrogen and oxygen atoms in total. The van der Waals surface area contributed by atoms with Crippen molar-refractivity contribution in [2.45, 2.75) is 115 Å². The molecule has 0 radical (unpaired) electrons. The zero-order valence-electron chi connectivity index (χ0n) is 22.3. The maximum absolute atomic E-state index is 10.3. The Bertz CT molecular complexity index is 604. The van der Waals surface area contributed by atoms with E-state index in [4.69, 9.17) is 36.4 Å². The van der Waals surface area contributed by atoms with E-state index in [1.807, 2.05) is 0 Å². The van der Waals surface area contributed by atoms with Gasteiger partial charge in [0.05, 0.1) is 19.4 Å². The van der Waals surface area contributed by atoms with Crippen LogP contribution in [0.2, 0.25) is 0 Å². The van der Waals surface area contributed by atoms with Gasteiger partial charge >= 0.3 is 23.9 Å². The number of aliphatic carboxylic acids is 4. The van der Waals surface area contributed by atoms with E-state index in [-0.39, 0.29) is 6.61 Å². The maximum atomic E-state index is 10.3. The molecule has 0 saturated heterocycles. The summed E-state index contributed by atoms with van der Waals surface area (Å²) in [4.78, 5) is 40.8. The van der Waals surface area contributed by atoms with Crippen molar-refractivity contribution in [1.82, 2.24) is 0 Å². The molecule has 11 heteroatoms. The van der Waals surface area contributed by atoms with Crippen molar-refractivity contribution in [3.63, 3.8) is 0 Å². The molecule has 0 aromatic heterocycles. The summed E-state index contributed by atoms with van der Waals surface area (Å²) in [6, 6.07) is 0. The van der Waals surface area contributed by atoms with E-state index in [9.17, 15) is 19.2 Å². The Kier molecular flexibility index (Phi) is 29.6. The van der Waals surface area contributed by atoms with Gasteiger partial charge in [0.25, 0.3) is 0 Å². The maximum Gasteiger partial charge on any atom is 0.336 e. The first-order chi connectivity index (χ1) is 17.5. The number of unbranched alkanes of at least 4 members (excludes halogenated alkanes) is 11. The lowest BCUT2D eigenvalue weighted by Crippen LogP contribution is -2.42. The third-order valence-electron chi connectivity index (χ3n) is 5.07. The van der Waals surface area contributed by atoms with Crippen molar-refractivity contribution in [3.05, 3.63) is 12.2 Å². The fourth-order valence-electron chi connectivity index (χ4n) is 3.06. The minimum atomic E-state index is -2.74. The number of allylic oxidation sites excluding steroid dienone is 2. The summed E-state index contributed by atoms with van der Waals surface area (Å²) < 4.78 is 0. The molecule has 0 aliphatic heterocycles. The van der Waals surface area contributed by atoms with Gasteiger partial charge in [0.1, 0.15) is 0 Å². The Morgan fingerprint density at radius 1 is 0.676 bits per heavy atom. The van der Waals surface area contributed by atoms with Crippen LogP contribution < -0.4 is 5.73 Å². The van der Waals surface area contributed by atoms with Crippen LogP contribution in [0.3, 0.4) is 0 Å². The van der Waals surface area contributed by atoms with Crippen LogP contribution in [0.15, 0.2) is 12.2 Å². The molecule has 218 valence electrons. The Hall–Kier alpha value is -2.50. The lowest BCUT2D eigenvalue weighted by molar-refractivity contribution is -0.170. The van der Waals surface area contributed by atoms with Crippen molar-refractivity contribution in [1.29, 1.82) is 0 Å². The van der Waals surface area contributed by atoms with E-state index < -0.39 is 42.3 Å². The molecule has 0 heterocycles. The van der Waals surface area contributed by atoms with E-state index in [0.29, 0.717) is 13.0 Å². The van der Waals surface area contributed by atoms with Crippen molar-refractivity contribution in [3.8, 4) is 0 Å². The van der Waals surface area contributed by atoms with E-state index in [1.54, 1.807) is 0 Å². The van der Waals surface area contributed by atoms with Crippen LogP contribution in [-0.2, 0) is 19.2 Å². The zero-order valence-corrected chi connectivity index (χ0v) is 22.3. The van der Waals surface area contributed by atoms with Gasteiger partial charge in [-0.15, -0.1) is 0 Å². The highest BCUT2D eigenvalue weighted by molar-refractivity contribution is 5.88. The van der Waals surface area contributed by atoms with Gasteiger partial charge < -0.3 is 36.4 Å². The van der Waals surface area contributed by atoms with Crippen LogP contribution in [0.4, 0.5) is 0 Å². The number of carboxylic acid groups (broad SMARTS) is 4. The molecule has 0 aromatic carbocycles. The highest BCUT2D eigenvalue weighted by Crippen LogP contribution is 2.15. The summed E-state index contributed by atoms with van der Waals surface area (Å²) in [6.45, 7) is 2.73. The van der Waals surface area contributed by atoms with Crippen LogP contribution in [0.1, 0.15) is 110 Å². The molecule has 0 atom stereocenters. The largest absolute Gasteiger partial charge is 0.481 e. The molecule has 0 fully saturated rings. The van der Waals surface area contributed by atoms with Crippen molar-refractivity contribution in [2.24, 2.45) is 5.73 Å². The average molecular weight is 536 g/mol. The Morgan fingerprint density at radius 2 is 1.05 bits per heavy atom. The summed E-state index contributed by atoms with van der Waals surface area (Å²) in [5.74, 6) is -5.68. The van der Waals surface area contributed by atoms with Crippen molar-refractivity contribution < 1.29 is 49.8 Å². The first-order valence-corrected chi connectivity index (χ1v) is 13.0. The van der Waals surface area contributed by atoms with E-state index >= 15 is 0 Å². The van der Waals surface area contributed by atoms with Crippen molar-refractivity contribution in [2.75, 3.05) is 13.2 Å². The topological polar surface area (TPSA) is 216 Å². The van der Waals surface area contributed by atoms with Gasteiger partial charge in [0, 0.05) is 13.0 Å². The summed E-state index contributed by atoms with van der Waals surface area (Å²) in [7, 11) is 0. The summed E-state index contributed by atoms with van der Waals surface area (Å²) >= 11 is 0. The summed E-state index contributed by atoms with van der Waals surface area (Å²) in [6.07, 6.45) is 19.0. The number of aliphatic hydroxyl groups excluding tert-OH is 1. The zero-order chi connectivity index (χ0) is 29.0. The minimum Gasteiger partial charge on any atom is -0.481 e. The van der Waals surface area contributed by atoms with E-state index in [2.05, 4.69) is 19.1 Å². The monoisotopic (exact) mass is 535 g/mol. The van der Waals surface area contributed by atoms with Gasteiger partial charge in [-0.3, -0.25) is 14.4 Å². The van der Waals surface area contributed by atoms with E-state index in [1.165, 1.54) is 70.6 Å². The lowest BCUT2D eigenvalue weighted by atomic mass is 9.96. The van der Waals surface area contributed by atoms with Crippen molar-refractivity contribution >= 4 is 23.9 Å². The summed E-state index contributed by atoms with van der Waals surface area (Å²) in [5.41, 5.74) is 2.04. The molecule has 8 N–H and O–H groups in total. The highest BCUT2D eigenvalue weighted by atomic mass is 16.4. The number of rotatable bonds is 21. The normalized spacial score (nSPS) is 10.7. The molecule has 0 aliphatic rings. The molecule has 0 saturated carbocycles. The standard InChI is InChI=1S/C18H34O2.C6H8O7.C2H7NO/c1-2-3-4-5-6-7-8-9-10-11-12-13-14-15-16-17-18(19)20;7-3(8)1-6(13,5(11)12)2-4(9)10;3-1-2-4/h9-10H,2-8,11-17H2,1H3,(H,19,20);13H,1-2H2,(H,7,8)(H,9,10)(H,11,12);4H,1-3H2/b10-9-;;. The molecule has 0 rings (SSSR count). The van der Waals surface area contributed by atoms with Crippen LogP contribution in [0.25, 0.3) is 0 Å². The fraction of sp³-hybridized carbons (Fsp3) is 0.769. The third kappa shape index (κ3) is 33.5. The molecule has 0 aliphatic carbocycles. The third-order valence-corrected chi connectivity index (χ3v) is 5.07. The van der Waals surface area contributed by atoms with Gasteiger partial charge in [-0.2, -0.15) is 0 Å². The summed E-state index contributed by atoms with van der Waals surface area (Å²) in [5, 5.41) is 50.1. The second kappa shape index (κ2) is 28.1. The molecule has 0 aromatic rings. The second-order valence-corrected chi connectivity index (χ2v) is 8.72. The highest BCUT2D eigenvalue weighted by Gasteiger charge is 2.40. The molecular weight excluding hydrogens is 486 g/mol. The molecule has 37 heavy (non-hydrogen) atoms. The number of hydrogen-bond acceptors (Lipinski definition) is 7. The predicted octanol–water partition coefficient (Wildman–Crippen LogP) is 3.80. The van der Waals surface area contributed by atoms with Crippen LogP contribution in [0.5, 0.6) is 0 Å². The molecule has 0 spiro atoms. The van der Waals surface area contributed by atoms with E-state index in [0.717, 1.165) is 12.8 Å². The van der Waals surface area contributed by atoms with Crippen LogP contribution >= 0.6 is 0 Å². The number of nitrogens with two attached hydrogens (primary N) is 1. The van der Waals surface area contributed by atoms with Crippen LogP contribution in [0, 0.1) is 0 Å². The van der Waals surface area contributed by atoms with Gasteiger partial charge in [0.15, 0.2) is 5.60 Å². The van der Waals surface area contributed by atoms with Gasteiger partial charge in [-0.25, -0.2) is 4.79 Å².